The first-order valence-electron chi connectivity index (χ1n) is 17.0. The largest absolute Gasteiger partial charge is 1.00 e. The lowest BCUT2D eigenvalue weighted by molar-refractivity contribution is -0.686. The number of rotatable bonds is 3. The van der Waals surface area contributed by atoms with Crippen molar-refractivity contribution in [2.24, 2.45) is 56.2 Å². The van der Waals surface area contributed by atoms with Crippen LogP contribution in [-0.4, -0.2) is 24.8 Å². The van der Waals surface area contributed by atoms with Gasteiger partial charge < -0.3 is 26.5 Å². The van der Waals surface area contributed by atoms with Crippen molar-refractivity contribution in [3.05, 3.63) is 30.6 Å². The number of hydrogen-bond donors (Lipinski definition) is 0. The van der Waals surface area contributed by atoms with Crippen molar-refractivity contribution in [2.75, 3.05) is 6.61 Å². The number of nitrogens with zero attached hydrogens (tertiary/aromatic N) is 1. The third kappa shape index (κ3) is 4.13. The highest BCUT2D eigenvalue weighted by Crippen LogP contribution is 2.78. The number of carbonyl (C=O) groups is 1. The quantitative estimate of drug-likeness (QED) is 0.352. The average Bonchev–Trinajstić information content (AvgIpc) is 3.25. The Labute approximate surface area is 265 Å². The molecular formula is C37H56BrNO3. The van der Waals surface area contributed by atoms with Gasteiger partial charge in [0.25, 0.3) is 0 Å². The Morgan fingerprint density at radius 3 is 2.26 bits per heavy atom. The Kier molecular flexibility index (Phi) is 7.42. The maximum Gasteiger partial charge on any atom is 0.372 e. The highest BCUT2D eigenvalue weighted by Gasteiger charge is 2.72. The molecule has 5 aliphatic carbocycles. The Morgan fingerprint density at radius 2 is 1.52 bits per heavy atom. The van der Waals surface area contributed by atoms with Crippen molar-refractivity contribution in [2.45, 2.75) is 131 Å². The zero-order chi connectivity index (χ0) is 29.1. The molecule has 0 unspecified atom stereocenters. The van der Waals surface area contributed by atoms with E-state index in [-0.39, 0.29) is 34.5 Å². The van der Waals surface area contributed by atoms with Gasteiger partial charge in [0.2, 0.25) is 6.54 Å². The third-order valence-corrected chi connectivity index (χ3v) is 15.4. The van der Waals surface area contributed by atoms with Crippen molar-refractivity contribution >= 4 is 5.97 Å². The average molecular weight is 643 g/mol. The molecular weight excluding hydrogens is 586 g/mol. The lowest BCUT2D eigenvalue weighted by Crippen LogP contribution is -3.00. The highest BCUT2D eigenvalue weighted by molar-refractivity contribution is 5.68. The summed E-state index contributed by atoms with van der Waals surface area (Å²) in [5.74, 6) is 2.79. The summed E-state index contributed by atoms with van der Waals surface area (Å²) < 4.78 is 15.0. The van der Waals surface area contributed by atoms with Gasteiger partial charge in [0.1, 0.15) is 6.10 Å². The lowest BCUT2D eigenvalue weighted by Gasteiger charge is -2.73. The van der Waals surface area contributed by atoms with Crippen LogP contribution in [0.3, 0.4) is 0 Å². The van der Waals surface area contributed by atoms with E-state index < -0.39 is 0 Å². The van der Waals surface area contributed by atoms with Gasteiger partial charge in [-0.15, -0.1) is 0 Å². The van der Waals surface area contributed by atoms with Crippen LogP contribution < -0.4 is 21.5 Å². The Hall–Kier alpha value is -0.940. The highest BCUT2D eigenvalue weighted by atomic mass is 79.9. The number of pyridine rings is 1. The normalized spacial score (nSPS) is 48.0. The molecule has 42 heavy (non-hydrogen) atoms. The molecule has 1 aromatic rings. The topological polar surface area (TPSA) is 39.4 Å². The van der Waals surface area contributed by atoms with E-state index in [9.17, 15) is 4.79 Å². The molecule has 0 amide bonds. The summed E-state index contributed by atoms with van der Waals surface area (Å²) in [6.07, 6.45) is 17.3. The summed E-state index contributed by atoms with van der Waals surface area (Å²) in [4.78, 5) is 13.1. The van der Waals surface area contributed by atoms with Crippen LogP contribution in [0.5, 0.6) is 0 Å². The van der Waals surface area contributed by atoms with Crippen LogP contribution in [0.15, 0.2) is 30.6 Å². The van der Waals surface area contributed by atoms with Gasteiger partial charge in [-0.3, -0.25) is 0 Å². The van der Waals surface area contributed by atoms with Crippen LogP contribution in [0.2, 0.25) is 0 Å². The van der Waals surface area contributed by atoms with Crippen LogP contribution in [0.1, 0.15) is 113 Å². The Morgan fingerprint density at radius 1 is 0.810 bits per heavy atom. The fourth-order valence-electron chi connectivity index (χ4n) is 13.0. The van der Waals surface area contributed by atoms with E-state index >= 15 is 0 Å². The standard InChI is InChI=1S/C37H56NO3.BrH/c1-32(2)17-19-37-20-18-35(6)25(30(37)31(32)40-24-37)11-12-27-34(5)15-14-28(33(3,4)26(34)13-16-36(27,35)7)41-29(39)23-38-21-9-8-10-22-38;/h8-10,21-22,25-28,30-31H,11-20,23-24H2,1-7H3;1H/q+1;/p-1/t25-,26+,27-,28+,30+,31-,34+,35-,36-,37-;/m1./s1. The molecule has 234 valence electrons. The maximum atomic E-state index is 13.1. The summed E-state index contributed by atoms with van der Waals surface area (Å²) in [6, 6.07) is 5.92. The molecule has 1 aromatic heterocycles. The van der Waals surface area contributed by atoms with Gasteiger partial charge in [-0.05, 0) is 115 Å². The van der Waals surface area contributed by atoms with Crippen LogP contribution in [0.4, 0.5) is 0 Å². The molecule has 1 saturated heterocycles. The first-order chi connectivity index (χ1) is 19.3. The van der Waals surface area contributed by atoms with Gasteiger partial charge in [-0.2, -0.15) is 4.57 Å². The molecule has 1 aliphatic heterocycles. The van der Waals surface area contributed by atoms with E-state index in [0.29, 0.717) is 45.6 Å². The Balaban J connectivity index is 0.00000316. The predicted molar refractivity (Wildman–Crippen MR) is 161 cm³/mol. The minimum atomic E-state index is -0.0973. The Bertz CT molecular complexity index is 1200. The summed E-state index contributed by atoms with van der Waals surface area (Å²) in [5, 5.41) is 0. The van der Waals surface area contributed by atoms with Crippen LogP contribution in [-0.2, 0) is 20.8 Å². The van der Waals surface area contributed by atoms with Crippen LogP contribution >= 0.6 is 0 Å². The van der Waals surface area contributed by atoms with Crippen molar-refractivity contribution in [1.29, 1.82) is 0 Å². The number of esters is 1. The first-order valence-corrected chi connectivity index (χ1v) is 17.0. The predicted octanol–water partition coefficient (Wildman–Crippen LogP) is 4.78. The molecule has 6 fully saturated rings. The van der Waals surface area contributed by atoms with Gasteiger partial charge >= 0.3 is 5.97 Å². The van der Waals surface area contributed by atoms with E-state index in [2.05, 4.69) is 48.5 Å². The first kappa shape index (κ1) is 31.1. The number of carbonyl (C=O) groups excluding carboxylic acids is 1. The second-order valence-corrected chi connectivity index (χ2v) is 17.7. The van der Waals surface area contributed by atoms with Crippen LogP contribution in [0.25, 0.3) is 0 Å². The summed E-state index contributed by atoms with van der Waals surface area (Å²) in [5.41, 5.74) is 1.81. The fraction of sp³-hybridized carbons (Fsp3) is 0.838. The van der Waals surface area contributed by atoms with Gasteiger partial charge in [0, 0.05) is 17.5 Å². The molecule has 2 heterocycles. The van der Waals surface area contributed by atoms with Gasteiger partial charge in [-0.25, -0.2) is 4.79 Å². The zero-order valence-corrected chi connectivity index (χ0v) is 29.0. The number of ether oxygens (including phenoxy) is 2. The van der Waals surface area contributed by atoms with E-state index in [4.69, 9.17) is 9.47 Å². The summed E-state index contributed by atoms with van der Waals surface area (Å²) in [7, 11) is 0. The van der Waals surface area contributed by atoms with Crippen molar-refractivity contribution in [1.82, 2.24) is 0 Å². The fourth-order valence-corrected chi connectivity index (χ4v) is 13.0. The van der Waals surface area contributed by atoms with Gasteiger partial charge in [0.05, 0.1) is 12.7 Å². The van der Waals surface area contributed by atoms with Gasteiger partial charge in [-0.1, -0.05) is 54.5 Å². The van der Waals surface area contributed by atoms with Crippen molar-refractivity contribution in [3.63, 3.8) is 0 Å². The molecule has 2 bridgehead atoms. The second-order valence-electron chi connectivity index (χ2n) is 17.7. The maximum absolute atomic E-state index is 13.1. The smallest absolute Gasteiger partial charge is 0.372 e. The van der Waals surface area contributed by atoms with Crippen LogP contribution in [0, 0.1) is 56.2 Å². The van der Waals surface area contributed by atoms with E-state index in [1.165, 1.54) is 57.8 Å². The molecule has 0 spiro atoms. The number of hydrogen-bond acceptors (Lipinski definition) is 3. The number of halogens is 1. The van der Waals surface area contributed by atoms with E-state index in [1.54, 1.807) is 0 Å². The van der Waals surface area contributed by atoms with Gasteiger partial charge in [0.15, 0.2) is 12.4 Å². The lowest BCUT2D eigenvalue weighted by atomic mass is 9.31. The molecule has 7 rings (SSSR count). The van der Waals surface area contributed by atoms with Crippen molar-refractivity contribution in [3.8, 4) is 0 Å². The molecule has 6 aliphatic rings. The van der Waals surface area contributed by atoms with E-state index in [0.717, 1.165) is 30.8 Å². The number of fused-ring (bicyclic) bond motifs is 5. The molecule has 0 N–H and O–H groups in total. The summed E-state index contributed by atoms with van der Waals surface area (Å²) in [6.45, 7) is 19.3. The summed E-state index contributed by atoms with van der Waals surface area (Å²) >= 11 is 0. The minimum Gasteiger partial charge on any atom is -1.00 e. The van der Waals surface area contributed by atoms with E-state index in [1.807, 2.05) is 35.2 Å². The molecule has 0 radical (unpaired) electrons. The van der Waals surface area contributed by atoms with Crippen molar-refractivity contribution < 1.29 is 35.8 Å². The SMILES string of the molecule is CC1(C)CC[C@]23CC[C@]4(C)[C@H](CC[C@@H]5[C@@]6(C)CC[C@H](OC(=O)C[n+]7ccccc7)C(C)(C)[C@@H]6CC[C@]54C)[C@H]2[C@H]1OC3.[Br-]. The molecule has 0 aromatic carbocycles. The molecule has 5 saturated carbocycles. The molecule has 4 nitrogen and oxygen atoms in total. The second kappa shape index (κ2) is 10.0. The third-order valence-electron chi connectivity index (χ3n) is 15.4. The number of aromatic nitrogens is 1. The molecule has 5 heteroatoms. The minimum absolute atomic E-state index is 0. The molecule has 10 atom stereocenters. The zero-order valence-electron chi connectivity index (χ0n) is 27.4. The monoisotopic (exact) mass is 641 g/mol.